The molecule has 0 saturated heterocycles. The molecule has 0 radical (unpaired) electrons. The van der Waals surface area contributed by atoms with Gasteiger partial charge < -0.3 is 9.64 Å². The lowest BCUT2D eigenvalue weighted by atomic mass is 10.0. The Hall–Kier alpha value is -1.29. The van der Waals surface area contributed by atoms with Crippen LogP contribution in [0.15, 0.2) is 11.6 Å². The SMILES string of the molecule is COc1scc(C)c1C(=CN(C)C)C(C)=O. The van der Waals surface area contributed by atoms with Crippen molar-refractivity contribution in [1.82, 2.24) is 4.90 Å². The van der Waals surface area contributed by atoms with Crippen LogP contribution in [0.1, 0.15) is 18.1 Å². The maximum absolute atomic E-state index is 11.7. The summed E-state index contributed by atoms with van der Waals surface area (Å²) >= 11 is 1.52. The van der Waals surface area contributed by atoms with E-state index in [2.05, 4.69) is 0 Å². The van der Waals surface area contributed by atoms with E-state index in [4.69, 9.17) is 4.74 Å². The van der Waals surface area contributed by atoms with Crippen LogP contribution < -0.4 is 4.74 Å². The molecule has 88 valence electrons. The molecule has 0 aliphatic rings. The van der Waals surface area contributed by atoms with E-state index in [9.17, 15) is 4.79 Å². The zero-order valence-electron chi connectivity index (χ0n) is 10.3. The minimum Gasteiger partial charge on any atom is -0.487 e. The largest absolute Gasteiger partial charge is 0.487 e. The molecule has 0 spiro atoms. The van der Waals surface area contributed by atoms with Crippen LogP contribution in [0.2, 0.25) is 0 Å². The maximum Gasteiger partial charge on any atom is 0.181 e. The van der Waals surface area contributed by atoms with Gasteiger partial charge in [0.05, 0.1) is 7.11 Å². The van der Waals surface area contributed by atoms with Crippen LogP contribution in [-0.4, -0.2) is 31.9 Å². The van der Waals surface area contributed by atoms with E-state index in [0.29, 0.717) is 5.57 Å². The summed E-state index contributed by atoms with van der Waals surface area (Å²) in [5, 5.41) is 2.79. The van der Waals surface area contributed by atoms with Crippen LogP contribution in [0, 0.1) is 6.92 Å². The van der Waals surface area contributed by atoms with Crippen molar-refractivity contribution in [2.24, 2.45) is 0 Å². The highest BCUT2D eigenvalue weighted by Crippen LogP contribution is 2.35. The molecule has 4 heteroatoms. The second-order valence-corrected chi connectivity index (χ2v) is 4.69. The zero-order chi connectivity index (χ0) is 12.3. The van der Waals surface area contributed by atoms with Crippen LogP contribution in [0.3, 0.4) is 0 Å². The van der Waals surface area contributed by atoms with Crippen molar-refractivity contribution >= 4 is 22.7 Å². The third-order valence-corrected chi connectivity index (χ3v) is 3.22. The van der Waals surface area contributed by atoms with Gasteiger partial charge in [-0.15, -0.1) is 11.3 Å². The normalized spacial score (nSPS) is 11.4. The zero-order valence-corrected chi connectivity index (χ0v) is 11.1. The molecule has 0 fully saturated rings. The standard InChI is InChI=1S/C12H17NO2S/c1-8-7-16-12(15-5)11(8)10(9(2)14)6-13(3)4/h6-7H,1-5H3. The lowest BCUT2D eigenvalue weighted by Crippen LogP contribution is -2.07. The number of rotatable bonds is 4. The van der Waals surface area contributed by atoms with E-state index in [-0.39, 0.29) is 5.78 Å². The molecule has 1 heterocycles. The Morgan fingerprint density at radius 2 is 2.12 bits per heavy atom. The summed E-state index contributed by atoms with van der Waals surface area (Å²) in [6, 6.07) is 0. The molecule has 0 atom stereocenters. The lowest BCUT2D eigenvalue weighted by Gasteiger charge is -2.11. The number of hydrogen-bond donors (Lipinski definition) is 0. The van der Waals surface area contributed by atoms with Crippen molar-refractivity contribution in [3.63, 3.8) is 0 Å². The van der Waals surface area contributed by atoms with Gasteiger partial charge in [0.25, 0.3) is 0 Å². The second kappa shape index (κ2) is 5.16. The van der Waals surface area contributed by atoms with Gasteiger partial charge in [-0.1, -0.05) is 0 Å². The molecule has 0 aliphatic carbocycles. The van der Waals surface area contributed by atoms with Crippen molar-refractivity contribution in [1.29, 1.82) is 0 Å². The summed E-state index contributed by atoms with van der Waals surface area (Å²) in [5.41, 5.74) is 2.68. The monoisotopic (exact) mass is 239 g/mol. The Balaban J connectivity index is 3.31. The van der Waals surface area contributed by atoms with Crippen molar-refractivity contribution in [3.8, 4) is 5.06 Å². The van der Waals surface area contributed by atoms with Crippen molar-refractivity contribution in [2.45, 2.75) is 13.8 Å². The third-order valence-electron chi connectivity index (χ3n) is 2.16. The quantitative estimate of drug-likeness (QED) is 0.756. The Bertz CT molecular complexity index is 419. The fourth-order valence-electron chi connectivity index (χ4n) is 1.48. The van der Waals surface area contributed by atoms with E-state index in [0.717, 1.165) is 16.2 Å². The summed E-state index contributed by atoms with van der Waals surface area (Å²) in [6.07, 6.45) is 1.83. The van der Waals surface area contributed by atoms with Gasteiger partial charge in [-0.25, -0.2) is 0 Å². The van der Waals surface area contributed by atoms with Gasteiger partial charge >= 0.3 is 0 Å². The predicted octanol–water partition coefficient (Wildman–Crippen LogP) is 2.56. The van der Waals surface area contributed by atoms with E-state index < -0.39 is 0 Å². The highest BCUT2D eigenvalue weighted by molar-refractivity contribution is 7.12. The van der Waals surface area contributed by atoms with E-state index in [1.807, 2.05) is 37.5 Å². The van der Waals surface area contributed by atoms with Gasteiger partial charge in [-0.2, -0.15) is 0 Å². The number of carbonyl (C=O) groups is 1. The number of methoxy groups -OCH3 is 1. The number of ether oxygens (including phenoxy) is 1. The van der Waals surface area contributed by atoms with E-state index in [1.54, 1.807) is 14.0 Å². The third kappa shape index (κ3) is 2.64. The first-order valence-electron chi connectivity index (χ1n) is 4.99. The first kappa shape index (κ1) is 12.8. The molecule has 1 aromatic rings. The number of nitrogens with zero attached hydrogens (tertiary/aromatic N) is 1. The van der Waals surface area contributed by atoms with Crippen molar-refractivity contribution in [3.05, 3.63) is 22.7 Å². The highest BCUT2D eigenvalue weighted by Gasteiger charge is 2.17. The first-order chi connectivity index (χ1) is 7.47. The Labute approximate surface area is 100 Å². The first-order valence-corrected chi connectivity index (χ1v) is 5.87. The lowest BCUT2D eigenvalue weighted by molar-refractivity contribution is -0.111. The maximum atomic E-state index is 11.7. The molecule has 0 bridgehead atoms. The van der Waals surface area contributed by atoms with Gasteiger partial charge in [-0.05, 0) is 24.8 Å². The van der Waals surface area contributed by atoms with Gasteiger partial charge in [0.2, 0.25) is 0 Å². The molecule has 0 unspecified atom stereocenters. The molecule has 0 amide bonds. The van der Waals surface area contributed by atoms with E-state index in [1.165, 1.54) is 11.3 Å². The number of carbonyl (C=O) groups excluding carboxylic acids is 1. The van der Waals surface area contributed by atoms with Gasteiger partial charge in [-0.3, -0.25) is 4.79 Å². The molecule has 0 aromatic carbocycles. The molecule has 16 heavy (non-hydrogen) atoms. The minimum atomic E-state index is 0.0495. The number of hydrogen-bond acceptors (Lipinski definition) is 4. The van der Waals surface area contributed by atoms with Crippen LogP contribution in [0.25, 0.3) is 5.57 Å². The number of ketones is 1. The molecule has 1 aromatic heterocycles. The van der Waals surface area contributed by atoms with Crippen LogP contribution >= 0.6 is 11.3 Å². The highest BCUT2D eigenvalue weighted by atomic mass is 32.1. The van der Waals surface area contributed by atoms with Crippen LogP contribution in [0.4, 0.5) is 0 Å². The van der Waals surface area contributed by atoms with Crippen molar-refractivity contribution < 1.29 is 9.53 Å². The summed E-state index contributed by atoms with van der Waals surface area (Å²) in [7, 11) is 5.43. The molecule has 0 aliphatic heterocycles. The molecular formula is C12H17NO2S. The fourth-order valence-corrected chi connectivity index (χ4v) is 2.37. The van der Waals surface area contributed by atoms with Crippen LogP contribution in [0.5, 0.6) is 5.06 Å². The Morgan fingerprint density at radius 1 is 1.50 bits per heavy atom. The topological polar surface area (TPSA) is 29.5 Å². The van der Waals surface area contributed by atoms with E-state index >= 15 is 0 Å². The average molecular weight is 239 g/mol. The van der Waals surface area contributed by atoms with Gasteiger partial charge in [0, 0.05) is 31.4 Å². The number of Topliss-reactive ketones (excluding diaryl/α,β-unsaturated/α-hetero) is 1. The summed E-state index contributed by atoms with van der Waals surface area (Å²) in [4.78, 5) is 13.5. The fraction of sp³-hybridized carbons (Fsp3) is 0.417. The summed E-state index contributed by atoms with van der Waals surface area (Å²) < 4.78 is 5.29. The Morgan fingerprint density at radius 3 is 2.56 bits per heavy atom. The van der Waals surface area contributed by atoms with Gasteiger partial charge in [0.15, 0.2) is 10.8 Å². The molecule has 0 saturated carbocycles. The smallest absolute Gasteiger partial charge is 0.181 e. The molecule has 0 N–H and O–H groups in total. The molecular weight excluding hydrogens is 222 g/mol. The predicted molar refractivity (Wildman–Crippen MR) is 68.0 cm³/mol. The Kier molecular flexibility index (Phi) is 4.12. The van der Waals surface area contributed by atoms with Crippen LogP contribution in [-0.2, 0) is 4.79 Å². The number of thiophene rings is 1. The average Bonchev–Trinajstić information content (AvgIpc) is 2.55. The number of allylic oxidation sites excluding steroid dienone is 1. The summed E-state index contributed by atoms with van der Waals surface area (Å²) in [5.74, 6) is 0.0495. The summed E-state index contributed by atoms with van der Waals surface area (Å²) in [6.45, 7) is 3.56. The molecule has 1 rings (SSSR count). The van der Waals surface area contributed by atoms with Gasteiger partial charge in [0.1, 0.15) is 0 Å². The number of aryl methyl sites for hydroxylation is 1. The minimum absolute atomic E-state index is 0.0495. The van der Waals surface area contributed by atoms with Crippen molar-refractivity contribution in [2.75, 3.05) is 21.2 Å². The molecule has 3 nitrogen and oxygen atoms in total. The second-order valence-electron chi connectivity index (χ2n) is 3.85.